The van der Waals surface area contributed by atoms with Crippen molar-refractivity contribution < 1.29 is 19.8 Å². The maximum atomic E-state index is 12.1. The summed E-state index contributed by atoms with van der Waals surface area (Å²) in [6, 6.07) is -1.24. The molecule has 2 rings (SSSR count). The summed E-state index contributed by atoms with van der Waals surface area (Å²) in [5.41, 5.74) is 1.61. The van der Waals surface area contributed by atoms with Gasteiger partial charge in [-0.15, -0.1) is 11.3 Å². The Hall–Kier alpha value is -1.40. The molecule has 1 aromatic heterocycles. The number of carboxylic acid groups (broad SMARTS) is 1. The van der Waals surface area contributed by atoms with E-state index in [2.05, 4.69) is 12.2 Å². The molecule has 0 radical (unpaired) electrons. The third-order valence-corrected chi connectivity index (χ3v) is 4.48. The van der Waals surface area contributed by atoms with Crippen LogP contribution >= 0.6 is 11.3 Å². The molecule has 0 fully saturated rings. The highest BCUT2D eigenvalue weighted by molar-refractivity contribution is 7.10. The fourth-order valence-electron chi connectivity index (χ4n) is 2.29. The Kier molecular flexibility index (Phi) is 4.21. The Morgan fingerprint density at radius 1 is 1.58 bits per heavy atom. The van der Waals surface area contributed by atoms with Crippen LogP contribution in [0.15, 0.2) is 5.38 Å². The number of hydrogen-bond donors (Lipinski definition) is 3. The Bertz CT molecular complexity index is 497. The predicted molar refractivity (Wildman–Crippen MR) is 71.5 cm³/mol. The van der Waals surface area contributed by atoms with Gasteiger partial charge >= 0.3 is 5.97 Å². The zero-order valence-corrected chi connectivity index (χ0v) is 11.5. The summed E-state index contributed by atoms with van der Waals surface area (Å²) in [5, 5.41) is 21.9. The molecule has 1 unspecified atom stereocenters. The topological polar surface area (TPSA) is 86.6 Å². The SMILES string of the molecule is CC1CCc2c(C(=O)N[C@H](CO)C(=O)O)csc2C1. The number of aliphatic hydroxyl groups excluding tert-OH is 1. The van der Waals surface area contributed by atoms with Gasteiger partial charge in [0, 0.05) is 10.3 Å². The fourth-order valence-corrected chi connectivity index (χ4v) is 3.53. The zero-order chi connectivity index (χ0) is 14.0. The van der Waals surface area contributed by atoms with Crippen molar-refractivity contribution in [2.75, 3.05) is 6.61 Å². The van der Waals surface area contributed by atoms with Gasteiger partial charge in [0.05, 0.1) is 12.2 Å². The minimum atomic E-state index is -1.24. The summed E-state index contributed by atoms with van der Waals surface area (Å²) in [6.07, 6.45) is 2.89. The quantitative estimate of drug-likeness (QED) is 0.771. The first kappa shape index (κ1) is 14.0. The van der Waals surface area contributed by atoms with Crippen LogP contribution in [-0.2, 0) is 17.6 Å². The van der Waals surface area contributed by atoms with Crippen LogP contribution < -0.4 is 5.32 Å². The predicted octanol–water partition coefficient (Wildman–Crippen LogP) is 1.05. The molecule has 1 amide bonds. The molecule has 1 aliphatic carbocycles. The third-order valence-electron chi connectivity index (χ3n) is 3.43. The van der Waals surface area contributed by atoms with E-state index in [1.165, 1.54) is 4.88 Å². The van der Waals surface area contributed by atoms with E-state index in [4.69, 9.17) is 10.2 Å². The summed E-state index contributed by atoms with van der Waals surface area (Å²) in [7, 11) is 0. The lowest BCUT2D eigenvalue weighted by molar-refractivity contribution is -0.140. The molecule has 2 atom stereocenters. The van der Waals surface area contributed by atoms with Crippen molar-refractivity contribution in [3.05, 3.63) is 21.4 Å². The number of aliphatic hydroxyl groups is 1. The van der Waals surface area contributed by atoms with E-state index in [0.717, 1.165) is 24.8 Å². The number of carboxylic acids is 1. The lowest BCUT2D eigenvalue weighted by atomic mass is 9.88. The Morgan fingerprint density at radius 3 is 2.95 bits per heavy atom. The van der Waals surface area contributed by atoms with E-state index >= 15 is 0 Å². The maximum absolute atomic E-state index is 12.1. The molecule has 5 nitrogen and oxygen atoms in total. The number of thiophene rings is 1. The van der Waals surface area contributed by atoms with Crippen molar-refractivity contribution >= 4 is 23.2 Å². The van der Waals surface area contributed by atoms with Crippen molar-refractivity contribution in [1.29, 1.82) is 0 Å². The van der Waals surface area contributed by atoms with Crippen LogP contribution in [-0.4, -0.2) is 34.7 Å². The lowest BCUT2D eigenvalue weighted by Gasteiger charge is -2.19. The van der Waals surface area contributed by atoms with E-state index in [1.54, 1.807) is 16.7 Å². The number of aliphatic carboxylic acids is 1. The molecule has 104 valence electrons. The van der Waals surface area contributed by atoms with Gasteiger partial charge in [0.15, 0.2) is 6.04 Å². The molecule has 3 N–H and O–H groups in total. The highest BCUT2D eigenvalue weighted by atomic mass is 32.1. The van der Waals surface area contributed by atoms with Gasteiger partial charge in [-0.05, 0) is 30.7 Å². The molecule has 1 aliphatic rings. The summed E-state index contributed by atoms with van der Waals surface area (Å²) in [5.74, 6) is -1.01. The van der Waals surface area contributed by atoms with Gasteiger partial charge in [0.1, 0.15) is 0 Å². The number of rotatable bonds is 4. The van der Waals surface area contributed by atoms with E-state index < -0.39 is 24.5 Å². The van der Waals surface area contributed by atoms with Gasteiger partial charge in [-0.1, -0.05) is 6.92 Å². The Morgan fingerprint density at radius 2 is 2.32 bits per heavy atom. The number of amides is 1. The first-order valence-electron chi connectivity index (χ1n) is 6.26. The minimum Gasteiger partial charge on any atom is -0.480 e. The van der Waals surface area contributed by atoms with E-state index in [0.29, 0.717) is 11.5 Å². The summed E-state index contributed by atoms with van der Waals surface area (Å²) in [6.45, 7) is 1.58. The first-order valence-corrected chi connectivity index (χ1v) is 7.14. The van der Waals surface area contributed by atoms with Crippen LogP contribution in [0.1, 0.15) is 34.1 Å². The van der Waals surface area contributed by atoms with Gasteiger partial charge < -0.3 is 15.5 Å². The molecule has 19 heavy (non-hydrogen) atoms. The molecule has 6 heteroatoms. The van der Waals surface area contributed by atoms with Gasteiger partial charge in [-0.25, -0.2) is 4.79 Å². The molecule has 1 aromatic rings. The first-order chi connectivity index (χ1) is 9.02. The molecule has 0 aromatic carbocycles. The van der Waals surface area contributed by atoms with Crippen LogP contribution in [0.4, 0.5) is 0 Å². The smallest absolute Gasteiger partial charge is 0.328 e. The van der Waals surface area contributed by atoms with Crippen molar-refractivity contribution in [2.45, 2.75) is 32.2 Å². The van der Waals surface area contributed by atoms with Crippen molar-refractivity contribution in [1.82, 2.24) is 5.32 Å². The summed E-state index contributed by atoms with van der Waals surface area (Å²) in [4.78, 5) is 24.1. The van der Waals surface area contributed by atoms with Crippen LogP contribution in [0.5, 0.6) is 0 Å². The normalized spacial score (nSPS) is 19.6. The number of hydrogen-bond acceptors (Lipinski definition) is 4. The summed E-state index contributed by atoms with van der Waals surface area (Å²) < 4.78 is 0. The standard InChI is InChI=1S/C13H17NO4S/c1-7-2-3-8-9(6-19-11(8)4-7)12(16)14-10(5-15)13(17)18/h6-7,10,15H,2-5H2,1H3,(H,14,16)(H,17,18)/t7?,10-/m1/s1. The van der Waals surface area contributed by atoms with E-state index in [9.17, 15) is 9.59 Å². The number of carbonyl (C=O) groups excluding carboxylic acids is 1. The lowest BCUT2D eigenvalue weighted by Crippen LogP contribution is -2.43. The number of fused-ring (bicyclic) bond motifs is 1. The molecular formula is C13H17NO4S. The van der Waals surface area contributed by atoms with Crippen LogP contribution in [0, 0.1) is 5.92 Å². The highest BCUT2D eigenvalue weighted by Gasteiger charge is 2.26. The maximum Gasteiger partial charge on any atom is 0.328 e. The van der Waals surface area contributed by atoms with Gasteiger partial charge in [-0.3, -0.25) is 4.79 Å². The summed E-state index contributed by atoms with van der Waals surface area (Å²) >= 11 is 1.56. The van der Waals surface area contributed by atoms with Gasteiger partial charge in [0.25, 0.3) is 5.91 Å². The monoisotopic (exact) mass is 283 g/mol. The molecule has 0 aliphatic heterocycles. The Labute approximate surface area is 115 Å². The largest absolute Gasteiger partial charge is 0.480 e. The second-order valence-corrected chi connectivity index (χ2v) is 5.91. The van der Waals surface area contributed by atoms with Crippen LogP contribution in [0.25, 0.3) is 0 Å². The average molecular weight is 283 g/mol. The van der Waals surface area contributed by atoms with Crippen molar-refractivity contribution in [2.24, 2.45) is 5.92 Å². The number of nitrogens with one attached hydrogen (secondary N) is 1. The van der Waals surface area contributed by atoms with Crippen LogP contribution in [0.3, 0.4) is 0 Å². The number of carbonyl (C=O) groups is 2. The van der Waals surface area contributed by atoms with E-state index in [-0.39, 0.29) is 0 Å². The second kappa shape index (κ2) is 5.71. The third kappa shape index (κ3) is 2.96. The highest BCUT2D eigenvalue weighted by Crippen LogP contribution is 2.32. The van der Waals surface area contributed by atoms with Gasteiger partial charge in [0.2, 0.25) is 0 Å². The average Bonchev–Trinajstić information content (AvgIpc) is 2.78. The van der Waals surface area contributed by atoms with Gasteiger partial charge in [-0.2, -0.15) is 0 Å². The molecule has 0 bridgehead atoms. The zero-order valence-electron chi connectivity index (χ0n) is 10.7. The second-order valence-electron chi connectivity index (χ2n) is 4.95. The fraction of sp³-hybridized carbons (Fsp3) is 0.538. The van der Waals surface area contributed by atoms with Crippen molar-refractivity contribution in [3.8, 4) is 0 Å². The van der Waals surface area contributed by atoms with E-state index in [1.807, 2.05) is 0 Å². The Balaban J connectivity index is 2.14. The molecule has 0 spiro atoms. The molecule has 1 heterocycles. The molecule has 0 saturated heterocycles. The minimum absolute atomic E-state index is 0.409. The van der Waals surface area contributed by atoms with Crippen LogP contribution in [0.2, 0.25) is 0 Å². The molecule has 0 saturated carbocycles. The van der Waals surface area contributed by atoms with Crippen molar-refractivity contribution in [3.63, 3.8) is 0 Å². The molecular weight excluding hydrogens is 266 g/mol.